The predicted octanol–water partition coefficient (Wildman–Crippen LogP) is 1.30. The van der Waals surface area contributed by atoms with Crippen LogP contribution in [-0.4, -0.2) is 62.8 Å². The molecule has 1 unspecified atom stereocenters. The molecule has 0 saturated carbocycles. The van der Waals surface area contributed by atoms with Gasteiger partial charge >= 0.3 is 0 Å². The Hall–Kier alpha value is -0.0700. The number of halogens is 2. The van der Waals surface area contributed by atoms with E-state index < -0.39 is 0 Å². The molecule has 1 fully saturated rings. The number of amides is 1. The Morgan fingerprint density at radius 1 is 1.43 bits per heavy atom. The van der Waals surface area contributed by atoms with Crippen LogP contribution < -0.4 is 10.6 Å². The highest BCUT2D eigenvalue weighted by Crippen LogP contribution is 2.21. The van der Waals surface area contributed by atoms with Gasteiger partial charge in [0.1, 0.15) is 6.04 Å². The Labute approximate surface area is 141 Å². The summed E-state index contributed by atoms with van der Waals surface area (Å²) in [7, 11) is 4.10. The van der Waals surface area contributed by atoms with E-state index in [9.17, 15) is 4.79 Å². The summed E-state index contributed by atoms with van der Waals surface area (Å²) >= 11 is 0. The lowest BCUT2D eigenvalue weighted by Gasteiger charge is -2.37. The Kier molecular flexibility index (Phi) is 10.9. The first-order chi connectivity index (χ1) is 8.74. The van der Waals surface area contributed by atoms with Gasteiger partial charge in [0.15, 0.2) is 0 Å². The fraction of sp³-hybridized carbons (Fsp3) is 0.929. The van der Waals surface area contributed by atoms with Crippen molar-refractivity contribution in [3.8, 4) is 0 Å². The average molecular weight is 344 g/mol. The number of hydrogen-bond donors (Lipinski definition) is 2. The maximum absolute atomic E-state index is 12.3. The smallest absolute Gasteiger partial charge is 0.240 e. The van der Waals surface area contributed by atoms with Gasteiger partial charge in [0.25, 0.3) is 0 Å². The first-order valence-electron chi connectivity index (χ1n) is 7.04. The molecule has 1 aliphatic rings. The SMILES string of the molecule is CC(NC(=O)[C@H]1NCCO[C@@H]1C)C(C)(C)CN(C)C.Cl.Cl. The number of hydrogen-bond acceptors (Lipinski definition) is 4. The zero-order valence-electron chi connectivity index (χ0n) is 13.9. The number of morpholine rings is 1. The topological polar surface area (TPSA) is 53.6 Å². The van der Waals surface area contributed by atoms with E-state index in [1.165, 1.54) is 0 Å². The van der Waals surface area contributed by atoms with Crippen molar-refractivity contribution in [1.29, 1.82) is 0 Å². The molecule has 1 rings (SSSR count). The maximum Gasteiger partial charge on any atom is 0.240 e. The van der Waals surface area contributed by atoms with Crippen molar-refractivity contribution in [2.45, 2.75) is 45.9 Å². The number of nitrogens with zero attached hydrogens (tertiary/aromatic N) is 1. The Morgan fingerprint density at radius 3 is 2.48 bits per heavy atom. The van der Waals surface area contributed by atoms with E-state index in [4.69, 9.17) is 4.74 Å². The van der Waals surface area contributed by atoms with Crippen molar-refractivity contribution in [2.75, 3.05) is 33.8 Å². The summed E-state index contributed by atoms with van der Waals surface area (Å²) in [5.74, 6) is 0.0338. The van der Waals surface area contributed by atoms with Crippen LogP contribution in [0.5, 0.6) is 0 Å². The highest BCUT2D eigenvalue weighted by Gasteiger charge is 2.33. The third-order valence-corrected chi connectivity index (χ3v) is 3.85. The van der Waals surface area contributed by atoms with Crippen LogP contribution in [0.3, 0.4) is 0 Å². The molecule has 0 aromatic heterocycles. The highest BCUT2D eigenvalue weighted by molar-refractivity contribution is 5.85. The number of ether oxygens (including phenoxy) is 1. The van der Waals surface area contributed by atoms with Gasteiger partial charge in [0.05, 0.1) is 12.7 Å². The van der Waals surface area contributed by atoms with Gasteiger partial charge in [-0.05, 0) is 33.4 Å². The van der Waals surface area contributed by atoms with E-state index in [1.54, 1.807) is 0 Å². The molecule has 0 bridgehead atoms. The maximum atomic E-state index is 12.3. The number of carbonyl (C=O) groups excluding carboxylic acids is 1. The van der Waals surface area contributed by atoms with Gasteiger partial charge in [-0.2, -0.15) is 0 Å². The van der Waals surface area contributed by atoms with Crippen LogP contribution in [0.15, 0.2) is 0 Å². The molecule has 0 spiro atoms. The van der Waals surface area contributed by atoms with Crippen LogP contribution >= 0.6 is 24.8 Å². The summed E-state index contributed by atoms with van der Waals surface area (Å²) in [5, 5.41) is 6.34. The summed E-state index contributed by atoms with van der Waals surface area (Å²) in [5.41, 5.74) is 0.0257. The monoisotopic (exact) mass is 343 g/mol. The van der Waals surface area contributed by atoms with E-state index in [0.29, 0.717) is 6.61 Å². The number of rotatable bonds is 5. The second kappa shape index (κ2) is 9.85. The van der Waals surface area contributed by atoms with E-state index in [0.717, 1.165) is 13.1 Å². The molecule has 128 valence electrons. The van der Waals surface area contributed by atoms with Crippen LogP contribution in [0, 0.1) is 5.41 Å². The lowest BCUT2D eigenvalue weighted by molar-refractivity contribution is -0.130. The number of nitrogens with one attached hydrogen (secondary N) is 2. The molecule has 5 nitrogen and oxygen atoms in total. The van der Waals surface area contributed by atoms with Gasteiger partial charge in [-0.25, -0.2) is 0 Å². The van der Waals surface area contributed by atoms with Gasteiger partial charge < -0.3 is 20.3 Å². The summed E-state index contributed by atoms with van der Waals surface area (Å²) in [6, 6.07) is -0.135. The van der Waals surface area contributed by atoms with Crippen molar-refractivity contribution in [1.82, 2.24) is 15.5 Å². The van der Waals surface area contributed by atoms with Crippen LogP contribution in [0.4, 0.5) is 0 Å². The summed E-state index contributed by atoms with van der Waals surface area (Å²) in [6.07, 6.45) is -0.0714. The van der Waals surface area contributed by atoms with E-state index >= 15 is 0 Å². The summed E-state index contributed by atoms with van der Waals surface area (Å²) < 4.78 is 5.51. The minimum absolute atomic E-state index is 0. The second-order valence-electron chi connectivity index (χ2n) is 6.46. The first kappa shape index (κ1) is 23.2. The third-order valence-electron chi connectivity index (χ3n) is 3.85. The largest absolute Gasteiger partial charge is 0.375 e. The normalized spacial score (nSPS) is 23.8. The lowest BCUT2D eigenvalue weighted by Crippen LogP contribution is -2.58. The van der Waals surface area contributed by atoms with Crippen molar-refractivity contribution in [3.05, 3.63) is 0 Å². The number of carbonyl (C=O) groups is 1. The molecule has 0 aliphatic carbocycles. The predicted molar refractivity (Wildman–Crippen MR) is 91.6 cm³/mol. The molecule has 1 saturated heterocycles. The molecule has 1 aliphatic heterocycles. The third kappa shape index (κ3) is 7.15. The van der Waals surface area contributed by atoms with Crippen LogP contribution in [0.1, 0.15) is 27.7 Å². The zero-order chi connectivity index (χ0) is 14.6. The molecular weight excluding hydrogens is 313 g/mol. The Morgan fingerprint density at radius 2 is 2.00 bits per heavy atom. The quantitative estimate of drug-likeness (QED) is 0.789. The minimum Gasteiger partial charge on any atom is -0.375 e. The van der Waals surface area contributed by atoms with Gasteiger partial charge in [-0.1, -0.05) is 13.8 Å². The molecule has 0 aromatic rings. The van der Waals surface area contributed by atoms with Gasteiger partial charge in [0.2, 0.25) is 5.91 Å². The van der Waals surface area contributed by atoms with Crippen LogP contribution in [-0.2, 0) is 9.53 Å². The summed E-state index contributed by atoms with van der Waals surface area (Å²) in [6.45, 7) is 10.7. The molecule has 3 atom stereocenters. The lowest BCUT2D eigenvalue weighted by atomic mass is 9.84. The van der Waals surface area contributed by atoms with E-state index in [-0.39, 0.29) is 54.3 Å². The van der Waals surface area contributed by atoms with Gasteiger partial charge in [0, 0.05) is 19.1 Å². The van der Waals surface area contributed by atoms with E-state index in [2.05, 4.69) is 50.4 Å². The molecule has 1 heterocycles. The van der Waals surface area contributed by atoms with Crippen molar-refractivity contribution >= 4 is 30.7 Å². The highest BCUT2D eigenvalue weighted by atomic mass is 35.5. The minimum atomic E-state index is -0.244. The van der Waals surface area contributed by atoms with E-state index in [1.807, 2.05) is 6.92 Å². The van der Waals surface area contributed by atoms with Gasteiger partial charge in [-0.3, -0.25) is 4.79 Å². The second-order valence-corrected chi connectivity index (χ2v) is 6.46. The molecule has 2 N–H and O–H groups in total. The molecule has 7 heteroatoms. The molecule has 21 heavy (non-hydrogen) atoms. The Bertz CT molecular complexity index is 315. The molecule has 1 amide bonds. The van der Waals surface area contributed by atoms with Gasteiger partial charge in [-0.15, -0.1) is 24.8 Å². The van der Waals surface area contributed by atoms with Crippen LogP contribution in [0.2, 0.25) is 0 Å². The summed E-state index contributed by atoms with van der Waals surface area (Å²) in [4.78, 5) is 14.4. The fourth-order valence-electron chi connectivity index (χ4n) is 2.48. The van der Waals surface area contributed by atoms with Crippen molar-refractivity contribution in [3.63, 3.8) is 0 Å². The molecule has 0 radical (unpaired) electrons. The van der Waals surface area contributed by atoms with Crippen molar-refractivity contribution in [2.24, 2.45) is 5.41 Å². The molecule has 0 aromatic carbocycles. The Balaban J connectivity index is 0. The fourth-order valence-corrected chi connectivity index (χ4v) is 2.48. The van der Waals surface area contributed by atoms with Crippen LogP contribution in [0.25, 0.3) is 0 Å². The van der Waals surface area contributed by atoms with Crippen molar-refractivity contribution < 1.29 is 9.53 Å². The average Bonchev–Trinajstić information content (AvgIpc) is 2.27. The zero-order valence-corrected chi connectivity index (χ0v) is 15.6. The standard InChI is InChI=1S/C14H29N3O2.2ClH/c1-10-12(15-7-8-19-10)13(18)16-11(2)14(3,4)9-17(5)6;;/h10-12,15H,7-9H2,1-6H3,(H,16,18);2*1H/t10-,11?,12+;;/m1../s1. The first-order valence-corrected chi connectivity index (χ1v) is 7.04. The molecular formula is C14H31Cl2N3O2.